The second-order valence-corrected chi connectivity index (χ2v) is 7.16. The van der Waals surface area contributed by atoms with Crippen molar-refractivity contribution in [3.05, 3.63) is 0 Å². The Balaban J connectivity index is 2.01. The van der Waals surface area contributed by atoms with E-state index in [1.165, 1.54) is 32.2 Å². The van der Waals surface area contributed by atoms with Crippen molar-refractivity contribution in [2.24, 2.45) is 11.8 Å². The SMILES string of the molecule is CC1CCNC2(CCC(C)C(C)C2)S1. The molecule has 0 bridgehead atoms. The zero-order valence-corrected chi connectivity index (χ0v) is 10.5. The van der Waals surface area contributed by atoms with Crippen LogP contribution in [0.1, 0.15) is 46.5 Å². The Kier molecular flexibility index (Phi) is 3.13. The minimum Gasteiger partial charge on any atom is -0.303 e. The summed E-state index contributed by atoms with van der Waals surface area (Å²) in [7, 11) is 0. The number of hydrogen-bond donors (Lipinski definition) is 1. The third-order valence-electron chi connectivity index (χ3n) is 4.05. The Morgan fingerprint density at radius 1 is 1.14 bits per heavy atom. The van der Waals surface area contributed by atoms with Crippen LogP contribution in [-0.4, -0.2) is 16.7 Å². The summed E-state index contributed by atoms with van der Waals surface area (Å²) in [6, 6.07) is 0. The average Bonchev–Trinajstić information content (AvgIpc) is 2.12. The molecule has 4 atom stereocenters. The van der Waals surface area contributed by atoms with Crippen LogP contribution < -0.4 is 5.32 Å². The van der Waals surface area contributed by atoms with Gasteiger partial charge in [-0.3, -0.25) is 0 Å². The van der Waals surface area contributed by atoms with E-state index in [0.29, 0.717) is 4.87 Å². The molecule has 4 unspecified atom stereocenters. The Morgan fingerprint density at radius 2 is 1.93 bits per heavy atom. The second kappa shape index (κ2) is 4.05. The molecule has 2 rings (SSSR count). The Hall–Kier alpha value is 0.310. The molecule has 0 radical (unpaired) electrons. The van der Waals surface area contributed by atoms with Gasteiger partial charge >= 0.3 is 0 Å². The van der Waals surface area contributed by atoms with Crippen molar-refractivity contribution in [3.63, 3.8) is 0 Å². The van der Waals surface area contributed by atoms with E-state index < -0.39 is 0 Å². The van der Waals surface area contributed by atoms with Crippen LogP contribution in [0.5, 0.6) is 0 Å². The van der Waals surface area contributed by atoms with Crippen molar-refractivity contribution < 1.29 is 0 Å². The quantitative estimate of drug-likeness (QED) is 0.663. The maximum atomic E-state index is 3.78. The van der Waals surface area contributed by atoms with Gasteiger partial charge in [-0.2, -0.15) is 0 Å². The van der Waals surface area contributed by atoms with Gasteiger partial charge in [0.15, 0.2) is 0 Å². The van der Waals surface area contributed by atoms with Gasteiger partial charge in [-0.25, -0.2) is 0 Å². The van der Waals surface area contributed by atoms with E-state index in [0.717, 1.165) is 17.1 Å². The van der Waals surface area contributed by atoms with Crippen LogP contribution in [0.3, 0.4) is 0 Å². The number of hydrogen-bond acceptors (Lipinski definition) is 2. The highest BCUT2D eigenvalue weighted by Crippen LogP contribution is 2.46. The van der Waals surface area contributed by atoms with Crippen LogP contribution >= 0.6 is 11.8 Å². The summed E-state index contributed by atoms with van der Waals surface area (Å²) in [5.41, 5.74) is 0. The maximum absolute atomic E-state index is 3.78. The van der Waals surface area contributed by atoms with Gasteiger partial charge in [0.2, 0.25) is 0 Å². The van der Waals surface area contributed by atoms with E-state index in [4.69, 9.17) is 0 Å². The molecule has 1 nitrogen and oxygen atoms in total. The fraction of sp³-hybridized carbons (Fsp3) is 1.00. The summed E-state index contributed by atoms with van der Waals surface area (Å²) < 4.78 is 0. The standard InChI is InChI=1S/C12H23NS/c1-9-4-6-12(8-10(9)2)13-7-5-11(3)14-12/h9-11,13H,4-8H2,1-3H3. The fourth-order valence-electron chi connectivity index (χ4n) is 2.83. The van der Waals surface area contributed by atoms with E-state index in [-0.39, 0.29) is 0 Å². The zero-order chi connectivity index (χ0) is 10.2. The van der Waals surface area contributed by atoms with E-state index in [2.05, 4.69) is 37.8 Å². The lowest BCUT2D eigenvalue weighted by atomic mass is 9.78. The van der Waals surface area contributed by atoms with Gasteiger partial charge in [-0.05, 0) is 44.1 Å². The molecule has 0 aromatic rings. The van der Waals surface area contributed by atoms with Crippen molar-refractivity contribution in [3.8, 4) is 0 Å². The lowest BCUT2D eigenvalue weighted by molar-refractivity contribution is 0.201. The van der Waals surface area contributed by atoms with Crippen molar-refractivity contribution >= 4 is 11.8 Å². The molecule has 1 spiro atoms. The summed E-state index contributed by atoms with van der Waals surface area (Å²) >= 11 is 2.20. The highest BCUT2D eigenvalue weighted by atomic mass is 32.2. The third kappa shape index (κ3) is 2.11. The molecule has 0 aromatic heterocycles. The molecule has 1 heterocycles. The number of nitrogens with one attached hydrogen (secondary N) is 1. The van der Waals surface area contributed by atoms with Gasteiger partial charge < -0.3 is 5.32 Å². The van der Waals surface area contributed by atoms with Crippen LogP contribution in [-0.2, 0) is 0 Å². The molecular weight excluding hydrogens is 190 g/mol. The molecule has 14 heavy (non-hydrogen) atoms. The normalized spacial score (nSPS) is 49.5. The average molecular weight is 213 g/mol. The summed E-state index contributed by atoms with van der Waals surface area (Å²) in [5, 5.41) is 4.64. The predicted octanol–water partition coefficient (Wildman–Crippen LogP) is 3.25. The van der Waals surface area contributed by atoms with Crippen LogP contribution in [0.25, 0.3) is 0 Å². The molecule has 1 aliphatic heterocycles. The topological polar surface area (TPSA) is 12.0 Å². The minimum absolute atomic E-state index is 0.448. The summed E-state index contributed by atoms with van der Waals surface area (Å²) in [6.07, 6.45) is 5.51. The molecule has 1 aliphatic carbocycles. The fourth-order valence-corrected chi connectivity index (χ4v) is 4.61. The van der Waals surface area contributed by atoms with Crippen LogP contribution in [0.2, 0.25) is 0 Å². The minimum atomic E-state index is 0.448. The molecule has 2 aliphatic rings. The summed E-state index contributed by atoms with van der Waals surface area (Å²) in [4.78, 5) is 0.448. The second-order valence-electron chi connectivity index (χ2n) is 5.34. The van der Waals surface area contributed by atoms with Crippen molar-refractivity contribution in [1.82, 2.24) is 5.32 Å². The lowest BCUT2D eigenvalue weighted by Crippen LogP contribution is -2.51. The molecule has 0 aromatic carbocycles. The van der Waals surface area contributed by atoms with Crippen molar-refractivity contribution in [1.29, 1.82) is 0 Å². The van der Waals surface area contributed by atoms with Crippen molar-refractivity contribution in [2.45, 2.75) is 56.6 Å². The largest absolute Gasteiger partial charge is 0.303 e. The van der Waals surface area contributed by atoms with Crippen molar-refractivity contribution in [2.75, 3.05) is 6.54 Å². The highest BCUT2D eigenvalue weighted by Gasteiger charge is 2.40. The maximum Gasteiger partial charge on any atom is 0.0650 e. The van der Waals surface area contributed by atoms with E-state index >= 15 is 0 Å². The van der Waals surface area contributed by atoms with Gasteiger partial charge in [0, 0.05) is 5.25 Å². The first-order valence-electron chi connectivity index (χ1n) is 6.04. The van der Waals surface area contributed by atoms with Gasteiger partial charge in [-0.1, -0.05) is 20.8 Å². The molecule has 2 heteroatoms. The van der Waals surface area contributed by atoms with E-state index in [9.17, 15) is 0 Å². The molecule has 2 fully saturated rings. The Morgan fingerprint density at radius 3 is 2.57 bits per heavy atom. The molecule has 1 saturated carbocycles. The lowest BCUT2D eigenvalue weighted by Gasteiger charge is -2.47. The zero-order valence-electron chi connectivity index (χ0n) is 9.68. The number of thioether (sulfide) groups is 1. The first-order valence-corrected chi connectivity index (χ1v) is 6.92. The first kappa shape index (κ1) is 10.8. The third-order valence-corrected chi connectivity index (χ3v) is 5.66. The van der Waals surface area contributed by atoms with Gasteiger partial charge in [0.25, 0.3) is 0 Å². The Labute approximate surface area is 92.4 Å². The van der Waals surface area contributed by atoms with Crippen LogP contribution in [0.15, 0.2) is 0 Å². The van der Waals surface area contributed by atoms with Crippen LogP contribution in [0.4, 0.5) is 0 Å². The molecule has 1 saturated heterocycles. The number of rotatable bonds is 0. The summed E-state index contributed by atoms with van der Waals surface area (Å²) in [5.74, 6) is 1.83. The first-order chi connectivity index (χ1) is 6.61. The monoisotopic (exact) mass is 213 g/mol. The molecular formula is C12H23NS. The molecule has 82 valence electrons. The molecule has 1 N–H and O–H groups in total. The van der Waals surface area contributed by atoms with E-state index in [1.807, 2.05) is 0 Å². The van der Waals surface area contributed by atoms with Gasteiger partial charge in [0.05, 0.1) is 4.87 Å². The van der Waals surface area contributed by atoms with Gasteiger partial charge in [0.1, 0.15) is 0 Å². The van der Waals surface area contributed by atoms with Crippen LogP contribution in [0, 0.1) is 11.8 Å². The van der Waals surface area contributed by atoms with Gasteiger partial charge in [-0.15, -0.1) is 11.8 Å². The highest BCUT2D eigenvalue weighted by molar-refractivity contribution is 8.01. The predicted molar refractivity (Wildman–Crippen MR) is 64.6 cm³/mol. The van der Waals surface area contributed by atoms with E-state index in [1.54, 1.807) is 0 Å². The Bertz CT molecular complexity index is 206. The molecule has 0 amide bonds. The smallest absolute Gasteiger partial charge is 0.0650 e. The summed E-state index contributed by atoms with van der Waals surface area (Å²) in [6.45, 7) is 8.45.